The normalized spacial score (nSPS) is 24.2. The first-order valence-electron chi connectivity index (χ1n) is 7.44. The van der Waals surface area contributed by atoms with Crippen molar-refractivity contribution < 1.29 is 8.42 Å². The number of nitrogens with zero attached hydrogens (tertiary/aromatic N) is 1. The molecular weight excluding hydrogens is 385 g/mol. The zero-order valence-corrected chi connectivity index (χ0v) is 15.4. The van der Waals surface area contributed by atoms with E-state index in [0.29, 0.717) is 0 Å². The van der Waals surface area contributed by atoms with Crippen molar-refractivity contribution in [3.05, 3.63) is 0 Å². The van der Waals surface area contributed by atoms with Crippen LogP contribution < -0.4 is 0 Å². The monoisotopic (exact) mass is 405 g/mol. The number of hydrogen-bond donors (Lipinski definition) is 0. The van der Waals surface area contributed by atoms with E-state index < -0.39 is 12.6 Å². The third-order valence-electron chi connectivity index (χ3n) is 4.44. The maximum atomic E-state index is 12.8. The molecule has 0 spiro atoms. The minimum absolute atomic E-state index is 0.0614. The highest BCUT2D eigenvalue weighted by Gasteiger charge is 2.47. The highest BCUT2D eigenvalue weighted by Crippen LogP contribution is 2.42. The summed E-state index contributed by atoms with van der Waals surface area (Å²) in [5.74, 6) is 0. The standard InChI is InChI=1S/C13H22BrCl2NO2S/c14-13(15,16)20(18,19)17(11-7-3-1-4-8-11)12-9-5-2-6-10-12/h11-12H,1-10H2. The molecule has 2 rings (SSSR count). The van der Waals surface area contributed by atoms with Crippen LogP contribution in [-0.4, -0.2) is 27.4 Å². The summed E-state index contributed by atoms with van der Waals surface area (Å²) in [5, 5.41) is 0. The van der Waals surface area contributed by atoms with Gasteiger partial charge in [0.25, 0.3) is 12.6 Å². The molecule has 0 radical (unpaired) electrons. The van der Waals surface area contributed by atoms with Gasteiger partial charge >= 0.3 is 0 Å². The molecule has 0 aromatic rings. The molecule has 0 aromatic carbocycles. The molecule has 20 heavy (non-hydrogen) atoms. The van der Waals surface area contributed by atoms with Gasteiger partial charge in [-0.05, 0) is 41.6 Å². The van der Waals surface area contributed by atoms with Gasteiger partial charge in [0.2, 0.25) is 0 Å². The Balaban J connectivity index is 2.27. The fourth-order valence-corrected chi connectivity index (χ4v) is 5.91. The first-order chi connectivity index (χ1) is 9.34. The Bertz CT molecular complexity index is 395. The number of halogens is 3. The summed E-state index contributed by atoms with van der Waals surface area (Å²) in [4.78, 5) is 0. The molecule has 0 saturated heterocycles. The lowest BCUT2D eigenvalue weighted by atomic mass is 9.91. The molecule has 0 heterocycles. The van der Waals surface area contributed by atoms with Crippen LogP contribution in [-0.2, 0) is 10.0 Å². The average Bonchev–Trinajstić information content (AvgIpc) is 2.40. The van der Waals surface area contributed by atoms with E-state index in [1.54, 1.807) is 4.31 Å². The molecule has 2 fully saturated rings. The Morgan fingerprint density at radius 2 is 1.20 bits per heavy atom. The van der Waals surface area contributed by atoms with Gasteiger partial charge < -0.3 is 0 Å². The lowest BCUT2D eigenvalue weighted by molar-refractivity contribution is 0.170. The van der Waals surface area contributed by atoms with Gasteiger partial charge in [-0.15, -0.1) is 0 Å². The van der Waals surface area contributed by atoms with Crippen LogP contribution in [0.3, 0.4) is 0 Å². The molecule has 2 aliphatic carbocycles. The van der Waals surface area contributed by atoms with Crippen LogP contribution >= 0.6 is 39.1 Å². The van der Waals surface area contributed by atoms with Gasteiger partial charge in [-0.25, -0.2) is 8.42 Å². The van der Waals surface area contributed by atoms with E-state index in [1.165, 1.54) is 12.8 Å². The predicted molar refractivity (Wildman–Crippen MR) is 87.9 cm³/mol. The van der Waals surface area contributed by atoms with Crippen molar-refractivity contribution in [1.29, 1.82) is 0 Å². The molecule has 0 unspecified atom stereocenters. The SMILES string of the molecule is O=S(=O)(N(C1CCCCC1)C1CCCCC1)C(Cl)(Cl)Br. The Kier molecular flexibility index (Phi) is 6.09. The van der Waals surface area contributed by atoms with E-state index in [2.05, 4.69) is 15.9 Å². The van der Waals surface area contributed by atoms with E-state index >= 15 is 0 Å². The van der Waals surface area contributed by atoms with Crippen LogP contribution in [0.25, 0.3) is 0 Å². The molecule has 0 N–H and O–H groups in total. The molecule has 118 valence electrons. The molecule has 2 aliphatic rings. The summed E-state index contributed by atoms with van der Waals surface area (Å²) < 4.78 is 25.3. The van der Waals surface area contributed by atoms with Crippen molar-refractivity contribution in [2.75, 3.05) is 0 Å². The van der Waals surface area contributed by atoms with Gasteiger partial charge in [0.15, 0.2) is 0 Å². The van der Waals surface area contributed by atoms with Gasteiger partial charge in [-0.1, -0.05) is 61.7 Å². The summed E-state index contributed by atoms with van der Waals surface area (Å²) >= 11 is 14.8. The second-order valence-corrected chi connectivity index (χ2v) is 12.3. The molecular formula is C13H22BrCl2NO2S. The van der Waals surface area contributed by atoms with E-state index in [-0.39, 0.29) is 12.1 Å². The van der Waals surface area contributed by atoms with Crippen molar-refractivity contribution in [1.82, 2.24) is 4.31 Å². The van der Waals surface area contributed by atoms with E-state index in [0.717, 1.165) is 51.4 Å². The van der Waals surface area contributed by atoms with Crippen LogP contribution in [0.15, 0.2) is 0 Å². The summed E-state index contributed by atoms with van der Waals surface area (Å²) in [7, 11) is -3.76. The highest BCUT2D eigenvalue weighted by molar-refractivity contribution is 9.12. The summed E-state index contributed by atoms with van der Waals surface area (Å²) in [6.07, 6.45) is 10.4. The minimum Gasteiger partial charge on any atom is -0.208 e. The predicted octanol–water partition coefficient (Wildman–Crippen LogP) is 4.77. The molecule has 0 bridgehead atoms. The van der Waals surface area contributed by atoms with Crippen molar-refractivity contribution >= 4 is 49.2 Å². The van der Waals surface area contributed by atoms with E-state index in [4.69, 9.17) is 23.2 Å². The lowest BCUT2D eigenvalue weighted by Gasteiger charge is -2.41. The molecule has 7 heteroatoms. The topological polar surface area (TPSA) is 37.4 Å². The fourth-order valence-electron chi connectivity index (χ4n) is 3.48. The largest absolute Gasteiger partial charge is 0.286 e. The Morgan fingerprint density at radius 3 is 1.50 bits per heavy atom. The smallest absolute Gasteiger partial charge is 0.208 e. The van der Waals surface area contributed by atoms with Crippen LogP contribution in [0.2, 0.25) is 0 Å². The Hall–Kier alpha value is 0.970. The third-order valence-corrected chi connectivity index (χ3v) is 8.57. The van der Waals surface area contributed by atoms with Gasteiger partial charge in [0, 0.05) is 12.1 Å². The molecule has 0 aromatic heterocycles. The first kappa shape index (κ1) is 17.3. The summed E-state index contributed by atoms with van der Waals surface area (Å²) in [6.45, 7) is 0. The van der Waals surface area contributed by atoms with E-state index in [1.807, 2.05) is 0 Å². The number of sulfonamides is 1. The average molecular weight is 407 g/mol. The number of rotatable bonds is 4. The maximum absolute atomic E-state index is 12.8. The maximum Gasteiger partial charge on any atom is 0.286 e. The quantitative estimate of drug-likeness (QED) is 0.630. The molecule has 0 atom stereocenters. The van der Waals surface area contributed by atoms with Crippen molar-refractivity contribution in [2.45, 2.75) is 78.9 Å². The van der Waals surface area contributed by atoms with Gasteiger partial charge in [0.05, 0.1) is 0 Å². The number of alkyl halides is 3. The highest BCUT2D eigenvalue weighted by atomic mass is 79.9. The minimum atomic E-state index is -3.76. The summed E-state index contributed by atoms with van der Waals surface area (Å²) in [5.41, 5.74) is 0. The number of hydrogen-bond acceptors (Lipinski definition) is 2. The van der Waals surface area contributed by atoms with Crippen LogP contribution in [0.4, 0.5) is 0 Å². The molecule has 0 aliphatic heterocycles. The van der Waals surface area contributed by atoms with E-state index in [9.17, 15) is 8.42 Å². The molecule has 0 amide bonds. The zero-order chi connectivity index (χ0) is 14.8. The lowest BCUT2D eigenvalue weighted by Crippen LogP contribution is -2.52. The fraction of sp³-hybridized carbons (Fsp3) is 1.00. The van der Waals surface area contributed by atoms with Crippen LogP contribution in [0.1, 0.15) is 64.2 Å². The Labute approximate surface area is 140 Å². The molecule has 3 nitrogen and oxygen atoms in total. The van der Waals surface area contributed by atoms with Crippen LogP contribution in [0, 0.1) is 0 Å². The van der Waals surface area contributed by atoms with Crippen LogP contribution in [0.5, 0.6) is 0 Å². The Morgan fingerprint density at radius 1 is 0.850 bits per heavy atom. The third kappa shape index (κ3) is 3.83. The zero-order valence-electron chi connectivity index (χ0n) is 11.5. The van der Waals surface area contributed by atoms with Crippen molar-refractivity contribution in [2.24, 2.45) is 0 Å². The van der Waals surface area contributed by atoms with Crippen molar-refractivity contribution in [3.8, 4) is 0 Å². The summed E-state index contributed by atoms with van der Waals surface area (Å²) in [6, 6.07) is 0.123. The van der Waals surface area contributed by atoms with Crippen molar-refractivity contribution in [3.63, 3.8) is 0 Å². The van der Waals surface area contributed by atoms with Gasteiger partial charge in [0.1, 0.15) is 0 Å². The second-order valence-electron chi connectivity index (χ2n) is 5.86. The second kappa shape index (κ2) is 7.03. The van der Waals surface area contributed by atoms with Gasteiger partial charge in [-0.3, -0.25) is 0 Å². The van der Waals surface area contributed by atoms with Gasteiger partial charge in [-0.2, -0.15) is 4.31 Å². The molecule has 2 saturated carbocycles. The first-order valence-corrected chi connectivity index (χ1v) is 10.4.